The van der Waals surface area contributed by atoms with E-state index in [1.807, 2.05) is 0 Å². The van der Waals surface area contributed by atoms with Gasteiger partial charge in [0.25, 0.3) is 5.97 Å². The Hall–Kier alpha value is -1.04. The van der Waals surface area contributed by atoms with E-state index in [0.717, 1.165) is 44.2 Å². The average Bonchev–Trinajstić information content (AvgIpc) is 2.40. The number of benzene rings is 1. The van der Waals surface area contributed by atoms with Crippen LogP contribution in [0, 0.1) is 11.6 Å². The second-order valence-corrected chi connectivity index (χ2v) is 5.47. The highest BCUT2D eigenvalue weighted by molar-refractivity contribution is 5.23. The third kappa shape index (κ3) is 6.08. The fraction of sp³-hybridized carbons (Fsp3) is 0.625. The summed E-state index contributed by atoms with van der Waals surface area (Å²) >= 11 is 0. The van der Waals surface area contributed by atoms with Gasteiger partial charge in [-0.3, -0.25) is 0 Å². The van der Waals surface area contributed by atoms with Crippen molar-refractivity contribution in [3.05, 3.63) is 35.4 Å². The Morgan fingerprint density at radius 3 is 2.14 bits per heavy atom. The topological polar surface area (TPSA) is 60.7 Å². The highest BCUT2D eigenvalue weighted by Crippen LogP contribution is 2.31. The van der Waals surface area contributed by atoms with Gasteiger partial charge in [-0.1, -0.05) is 51.5 Å². The van der Waals surface area contributed by atoms with Crippen molar-refractivity contribution < 1.29 is 24.1 Å². The molecule has 1 aromatic carbocycles. The molecular formula is C16H24F2O3. The first-order valence-corrected chi connectivity index (χ1v) is 7.48. The maximum Gasteiger partial charge on any atom is 0.282 e. The predicted octanol–water partition coefficient (Wildman–Crippen LogP) is 3.43. The Morgan fingerprint density at radius 2 is 1.57 bits per heavy atom. The molecule has 0 spiro atoms. The number of halogens is 2. The van der Waals surface area contributed by atoms with E-state index in [2.05, 4.69) is 6.92 Å². The van der Waals surface area contributed by atoms with Crippen LogP contribution < -0.4 is 0 Å². The molecule has 5 heteroatoms. The predicted molar refractivity (Wildman–Crippen MR) is 76.5 cm³/mol. The molecule has 0 saturated heterocycles. The van der Waals surface area contributed by atoms with Crippen LogP contribution >= 0.6 is 0 Å². The molecule has 1 unspecified atom stereocenters. The number of hydrogen-bond acceptors (Lipinski definition) is 3. The van der Waals surface area contributed by atoms with Gasteiger partial charge in [-0.25, -0.2) is 8.78 Å². The maximum absolute atomic E-state index is 13.2. The zero-order valence-electron chi connectivity index (χ0n) is 12.4. The third-order valence-electron chi connectivity index (χ3n) is 3.66. The lowest BCUT2D eigenvalue weighted by atomic mass is 9.90. The second-order valence-electron chi connectivity index (χ2n) is 5.47. The summed E-state index contributed by atoms with van der Waals surface area (Å²) in [6.45, 7) is 2.12. The van der Waals surface area contributed by atoms with Crippen molar-refractivity contribution in [3.8, 4) is 0 Å². The first kappa shape index (κ1) is 18.0. The van der Waals surface area contributed by atoms with Crippen molar-refractivity contribution in [2.24, 2.45) is 0 Å². The first-order valence-electron chi connectivity index (χ1n) is 7.48. The van der Waals surface area contributed by atoms with Crippen LogP contribution in [0.3, 0.4) is 0 Å². The molecular weight excluding hydrogens is 278 g/mol. The van der Waals surface area contributed by atoms with E-state index in [1.54, 1.807) is 0 Å². The minimum absolute atomic E-state index is 0.176. The van der Waals surface area contributed by atoms with E-state index in [9.17, 15) is 24.1 Å². The Labute approximate surface area is 124 Å². The Balaban J connectivity index is 2.62. The van der Waals surface area contributed by atoms with Crippen LogP contribution in [0.5, 0.6) is 0 Å². The number of aliphatic hydroxyl groups is 3. The van der Waals surface area contributed by atoms with Crippen molar-refractivity contribution in [2.45, 2.75) is 63.8 Å². The molecule has 0 radical (unpaired) electrons. The van der Waals surface area contributed by atoms with Gasteiger partial charge in [0.05, 0.1) is 5.92 Å². The minimum Gasteiger partial charge on any atom is -0.343 e. The summed E-state index contributed by atoms with van der Waals surface area (Å²) in [5.41, 5.74) is 0.176. The lowest BCUT2D eigenvalue weighted by Crippen LogP contribution is -2.35. The van der Waals surface area contributed by atoms with Gasteiger partial charge < -0.3 is 15.3 Å². The maximum atomic E-state index is 13.2. The van der Waals surface area contributed by atoms with E-state index >= 15 is 0 Å². The molecule has 1 aromatic rings. The van der Waals surface area contributed by atoms with Gasteiger partial charge in [0, 0.05) is 0 Å². The molecule has 0 amide bonds. The van der Waals surface area contributed by atoms with Crippen LogP contribution in [0.4, 0.5) is 8.78 Å². The van der Waals surface area contributed by atoms with Crippen LogP contribution in [-0.2, 0) is 0 Å². The summed E-state index contributed by atoms with van der Waals surface area (Å²) < 4.78 is 26.2. The van der Waals surface area contributed by atoms with Crippen molar-refractivity contribution in [1.29, 1.82) is 0 Å². The Morgan fingerprint density at radius 1 is 0.952 bits per heavy atom. The Kier molecular flexibility index (Phi) is 7.22. The lowest BCUT2D eigenvalue weighted by Gasteiger charge is -2.26. The van der Waals surface area contributed by atoms with Gasteiger partial charge in [0.1, 0.15) is 0 Å². The van der Waals surface area contributed by atoms with Crippen LogP contribution in [0.1, 0.15) is 63.4 Å². The van der Waals surface area contributed by atoms with Crippen LogP contribution in [0.15, 0.2) is 18.2 Å². The summed E-state index contributed by atoms with van der Waals surface area (Å²) in [4.78, 5) is 0. The van der Waals surface area contributed by atoms with Crippen LogP contribution in [0.2, 0.25) is 0 Å². The normalized spacial score (nSPS) is 13.4. The highest BCUT2D eigenvalue weighted by atomic mass is 19.2. The molecule has 120 valence electrons. The zero-order valence-corrected chi connectivity index (χ0v) is 12.4. The monoisotopic (exact) mass is 302 g/mol. The lowest BCUT2D eigenvalue weighted by molar-refractivity contribution is -0.326. The van der Waals surface area contributed by atoms with Crippen molar-refractivity contribution >= 4 is 0 Å². The largest absolute Gasteiger partial charge is 0.343 e. The molecule has 3 N–H and O–H groups in total. The van der Waals surface area contributed by atoms with E-state index in [1.165, 1.54) is 6.07 Å². The van der Waals surface area contributed by atoms with E-state index in [-0.39, 0.29) is 5.56 Å². The molecule has 1 rings (SSSR count). The van der Waals surface area contributed by atoms with Crippen molar-refractivity contribution in [2.75, 3.05) is 0 Å². The zero-order chi connectivity index (χ0) is 15.9. The third-order valence-corrected chi connectivity index (χ3v) is 3.66. The molecule has 0 heterocycles. The van der Waals surface area contributed by atoms with Crippen LogP contribution in [0.25, 0.3) is 0 Å². The average molecular weight is 302 g/mol. The molecule has 0 aliphatic heterocycles. The number of hydrogen-bond donors (Lipinski definition) is 3. The molecule has 21 heavy (non-hydrogen) atoms. The standard InChI is InChI=1S/C16H24F2O3/c1-2-3-4-5-6-7-8-13(16(19,20)21)12-9-10-14(17)15(18)11-12/h9-11,13,19-21H,2-8H2,1H3. The molecule has 0 fully saturated rings. The fourth-order valence-corrected chi connectivity index (χ4v) is 2.44. The van der Waals surface area contributed by atoms with Crippen molar-refractivity contribution in [3.63, 3.8) is 0 Å². The van der Waals surface area contributed by atoms with E-state index in [4.69, 9.17) is 0 Å². The molecule has 0 aliphatic carbocycles. The summed E-state index contributed by atoms with van der Waals surface area (Å²) in [5.74, 6) is -6.06. The molecule has 0 saturated carbocycles. The first-order chi connectivity index (χ1) is 9.86. The molecule has 3 nitrogen and oxygen atoms in total. The van der Waals surface area contributed by atoms with Gasteiger partial charge >= 0.3 is 0 Å². The van der Waals surface area contributed by atoms with Gasteiger partial charge in [-0.05, 0) is 24.1 Å². The number of unbranched alkanes of at least 4 members (excludes halogenated alkanes) is 5. The molecule has 0 aliphatic rings. The number of rotatable bonds is 9. The Bertz CT molecular complexity index is 430. The second kappa shape index (κ2) is 8.41. The quantitative estimate of drug-likeness (QED) is 0.484. The SMILES string of the molecule is CCCCCCCCC(c1ccc(F)c(F)c1)C(O)(O)O. The van der Waals surface area contributed by atoms with Gasteiger partial charge in [0.15, 0.2) is 11.6 Å². The summed E-state index contributed by atoms with van der Waals surface area (Å²) in [6, 6.07) is 3.08. The highest BCUT2D eigenvalue weighted by Gasteiger charge is 2.33. The van der Waals surface area contributed by atoms with Gasteiger partial charge in [0.2, 0.25) is 0 Å². The van der Waals surface area contributed by atoms with Gasteiger partial charge in [-0.2, -0.15) is 0 Å². The smallest absolute Gasteiger partial charge is 0.282 e. The van der Waals surface area contributed by atoms with Crippen molar-refractivity contribution in [1.82, 2.24) is 0 Å². The minimum atomic E-state index is -2.94. The summed E-state index contributed by atoms with van der Waals surface area (Å²) in [6.07, 6.45) is 6.33. The molecule has 1 atom stereocenters. The van der Waals surface area contributed by atoms with Crippen LogP contribution in [-0.4, -0.2) is 21.3 Å². The van der Waals surface area contributed by atoms with E-state index in [0.29, 0.717) is 12.8 Å². The van der Waals surface area contributed by atoms with Gasteiger partial charge in [-0.15, -0.1) is 0 Å². The molecule has 0 aromatic heterocycles. The summed E-state index contributed by atoms with van der Waals surface area (Å²) in [7, 11) is 0. The fourth-order valence-electron chi connectivity index (χ4n) is 2.44. The summed E-state index contributed by atoms with van der Waals surface area (Å²) in [5, 5.41) is 28.3. The molecule has 0 bridgehead atoms. The van der Waals surface area contributed by atoms with E-state index < -0.39 is 23.5 Å².